The number of sulfonamides is 1. The summed E-state index contributed by atoms with van der Waals surface area (Å²) in [6.07, 6.45) is 1.36. The maximum atomic E-state index is 13.0. The molecule has 1 aliphatic rings. The van der Waals surface area contributed by atoms with Crippen LogP contribution in [0.4, 0.5) is 10.3 Å². The number of nitrogens with one attached hydrogen (secondary N) is 1. The molecule has 3 aromatic rings. The van der Waals surface area contributed by atoms with Crippen LogP contribution in [0.5, 0.6) is 0 Å². The Morgan fingerprint density at radius 3 is 2.68 bits per heavy atom. The van der Waals surface area contributed by atoms with Crippen molar-refractivity contribution >= 4 is 32.3 Å². The summed E-state index contributed by atoms with van der Waals surface area (Å²) in [7, 11) is -3.38. The number of halogens is 1. The van der Waals surface area contributed by atoms with Gasteiger partial charge in [0.25, 0.3) is 5.95 Å². The average molecular weight is 338 g/mol. The minimum Gasteiger partial charge on any atom is -0.250 e. The first-order valence-electron chi connectivity index (χ1n) is 6.65. The van der Waals surface area contributed by atoms with Crippen LogP contribution in [0.15, 0.2) is 29.6 Å². The highest BCUT2D eigenvalue weighted by atomic mass is 32.2. The molecule has 9 heteroatoms. The van der Waals surface area contributed by atoms with Gasteiger partial charge in [0, 0.05) is 10.9 Å². The van der Waals surface area contributed by atoms with Gasteiger partial charge in [0.15, 0.2) is 0 Å². The Morgan fingerprint density at radius 2 is 2.00 bits per heavy atom. The molecular weight excluding hydrogens is 327 g/mol. The molecule has 0 saturated heterocycles. The third-order valence-electron chi connectivity index (χ3n) is 3.42. The topological polar surface area (TPSA) is 76.4 Å². The molecule has 2 aromatic heterocycles. The number of fused-ring (bicyclic) bond motifs is 1. The first kappa shape index (κ1) is 13.6. The zero-order valence-electron chi connectivity index (χ0n) is 11.2. The van der Waals surface area contributed by atoms with E-state index in [0.717, 1.165) is 11.3 Å². The van der Waals surface area contributed by atoms with Gasteiger partial charge in [0.05, 0.1) is 10.9 Å². The van der Waals surface area contributed by atoms with Crippen molar-refractivity contribution in [3.05, 3.63) is 35.5 Å². The monoisotopic (exact) mass is 338 g/mol. The zero-order chi connectivity index (χ0) is 15.3. The van der Waals surface area contributed by atoms with Gasteiger partial charge in [0.1, 0.15) is 5.82 Å². The Kier molecular flexibility index (Phi) is 2.95. The number of anilines is 1. The maximum absolute atomic E-state index is 13.0. The van der Waals surface area contributed by atoms with E-state index in [0.29, 0.717) is 17.8 Å². The lowest BCUT2D eigenvalue weighted by Gasteiger charge is -2.01. The molecule has 1 aliphatic carbocycles. The lowest BCUT2D eigenvalue weighted by molar-refractivity contribution is 0.599. The molecule has 1 saturated carbocycles. The van der Waals surface area contributed by atoms with Gasteiger partial charge in [-0.3, -0.25) is 0 Å². The van der Waals surface area contributed by atoms with Crippen molar-refractivity contribution in [2.75, 3.05) is 4.72 Å². The van der Waals surface area contributed by atoms with Crippen LogP contribution in [0, 0.1) is 5.82 Å². The summed E-state index contributed by atoms with van der Waals surface area (Å²) in [5.74, 6) is -0.242. The highest BCUT2D eigenvalue weighted by molar-refractivity contribution is 7.93. The highest BCUT2D eigenvalue weighted by Crippen LogP contribution is 2.30. The van der Waals surface area contributed by atoms with E-state index >= 15 is 0 Å². The largest absolute Gasteiger partial charge is 0.257 e. The second kappa shape index (κ2) is 4.75. The Balaban J connectivity index is 1.71. The predicted molar refractivity (Wildman–Crippen MR) is 81.8 cm³/mol. The highest BCUT2D eigenvalue weighted by Gasteiger charge is 2.36. The van der Waals surface area contributed by atoms with Gasteiger partial charge in [-0.15, -0.1) is 16.4 Å². The molecular formula is C13H11FN4O2S2. The van der Waals surface area contributed by atoms with Crippen LogP contribution in [0.1, 0.15) is 12.8 Å². The minimum absolute atomic E-state index is 0.0714. The SMILES string of the molecule is O=S(=O)(Nc1nc2scc(-c3ccc(F)cc3)n2n1)C1CC1. The van der Waals surface area contributed by atoms with Gasteiger partial charge in [-0.2, -0.15) is 4.98 Å². The molecule has 0 unspecified atom stereocenters. The van der Waals surface area contributed by atoms with E-state index in [9.17, 15) is 12.8 Å². The number of nitrogens with zero attached hydrogens (tertiary/aromatic N) is 3. The molecule has 0 amide bonds. The number of hydrogen-bond donors (Lipinski definition) is 1. The van der Waals surface area contributed by atoms with E-state index in [2.05, 4.69) is 14.8 Å². The van der Waals surface area contributed by atoms with E-state index in [1.54, 1.807) is 16.6 Å². The Labute approximate surface area is 129 Å². The normalized spacial score (nSPS) is 15.3. The number of benzene rings is 1. The molecule has 2 heterocycles. The van der Waals surface area contributed by atoms with Crippen LogP contribution in [0.3, 0.4) is 0 Å². The molecule has 1 fully saturated rings. The first-order valence-corrected chi connectivity index (χ1v) is 9.07. The third kappa shape index (κ3) is 2.35. The molecule has 0 atom stereocenters. The summed E-state index contributed by atoms with van der Waals surface area (Å²) in [4.78, 5) is 4.75. The van der Waals surface area contributed by atoms with Gasteiger partial charge in [-0.05, 0) is 37.1 Å². The summed E-state index contributed by atoms with van der Waals surface area (Å²) < 4.78 is 40.8. The van der Waals surface area contributed by atoms with Gasteiger partial charge >= 0.3 is 0 Å². The predicted octanol–water partition coefficient (Wildman–Crippen LogP) is 2.50. The van der Waals surface area contributed by atoms with Crippen LogP contribution >= 0.6 is 11.3 Å². The fourth-order valence-corrected chi connectivity index (χ4v) is 4.23. The van der Waals surface area contributed by atoms with Gasteiger partial charge < -0.3 is 0 Å². The molecule has 6 nitrogen and oxygen atoms in total. The van der Waals surface area contributed by atoms with Crippen LogP contribution in [0.25, 0.3) is 16.2 Å². The van der Waals surface area contributed by atoms with E-state index in [1.165, 1.54) is 23.5 Å². The number of aromatic nitrogens is 3. The van der Waals surface area contributed by atoms with Gasteiger partial charge in [-0.25, -0.2) is 22.0 Å². The summed E-state index contributed by atoms with van der Waals surface area (Å²) in [5, 5.41) is 5.72. The molecule has 4 rings (SSSR count). The lowest BCUT2D eigenvalue weighted by atomic mass is 10.2. The summed E-state index contributed by atoms with van der Waals surface area (Å²) >= 11 is 1.34. The standard InChI is InChI=1S/C13H11FN4O2S2/c14-9-3-1-8(2-4-9)11-7-21-13-15-12(16-18(11)13)17-22(19,20)10-5-6-10/h1-4,7,10H,5-6H2,(H,16,17). The van der Waals surface area contributed by atoms with Crippen molar-refractivity contribution in [3.8, 4) is 11.3 Å². The smallest absolute Gasteiger partial charge is 0.250 e. The molecule has 22 heavy (non-hydrogen) atoms. The molecule has 1 N–H and O–H groups in total. The first-order chi connectivity index (χ1) is 10.5. The van der Waals surface area contributed by atoms with Crippen molar-refractivity contribution < 1.29 is 12.8 Å². The van der Waals surface area contributed by atoms with Crippen LogP contribution in [0.2, 0.25) is 0 Å². The molecule has 0 bridgehead atoms. The van der Waals surface area contributed by atoms with Crippen LogP contribution in [-0.2, 0) is 10.0 Å². The molecule has 0 spiro atoms. The lowest BCUT2D eigenvalue weighted by Crippen LogP contribution is -2.18. The fraction of sp³-hybridized carbons (Fsp3) is 0.231. The van der Waals surface area contributed by atoms with E-state index in [1.807, 2.05) is 5.38 Å². The van der Waals surface area contributed by atoms with Crippen molar-refractivity contribution in [3.63, 3.8) is 0 Å². The molecule has 114 valence electrons. The summed E-state index contributed by atoms with van der Waals surface area (Å²) in [6, 6.07) is 6.03. The van der Waals surface area contributed by atoms with E-state index < -0.39 is 10.0 Å². The van der Waals surface area contributed by atoms with E-state index in [4.69, 9.17) is 0 Å². The van der Waals surface area contributed by atoms with Crippen molar-refractivity contribution in [2.45, 2.75) is 18.1 Å². The second-order valence-electron chi connectivity index (χ2n) is 5.10. The van der Waals surface area contributed by atoms with Crippen LogP contribution in [-0.4, -0.2) is 28.3 Å². The summed E-state index contributed by atoms with van der Waals surface area (Å²) in [5.41, 5.74) is 1.53. The Morgan fingerprint density at radius 1 is 1.27 bits per heavy atom. The van der Waals surface area contributed by atoms with Crippen LogP contribution < -0.4 is 4.72 Å². The minimum atomic E-state index is -3.38. The van der Waals surface area contributed by atoms with Crippen molar-refractivity contribution in [1.29, 1.82) is 0 Å². The number of hydrogen-bond acceptors (Lipinski definition) is 5. The quantitative estimate of drug-likeness (QED) is 0.793. The molecule has 1 aromatic carbocycles. The van der Waals surface area contributed by atoms with Gasteiger partial charge in [0.2, 0.25) is 15.0 Å². The van der Waals surface area contributed by atoms with Crippen molar-refractivity contribution in [2.24, 2.45) is 0 Å². The number of thiazole rings is 1. The maximum Gasteiger partial charge on any atom is 0.257 e. The second-order valence-corrected chi connectivity index (χ2v) is 7.90. The van der Waals surface area contributed by atoms with E-state index in [-0.39, 0.29) is 17.0 Å². The summed E-state index contributed by atoms with van der Waals surface area (Å²) in [6.45, 7) is 0. The molecule has 0 radical (unpaired) electrons. The Bertz CT molecular complexity index is 942. The zero-order valence-corrected chi connectivity index (χ0v) is 12.9. The fourth-order valence-electron chi connectivity index (χ4n) is 2.13. The average Bonchev–Trinajstić information content (AvgIpc) is 3.17. The Hall–Kier alpha value is -2.00. The molecule has 0 aliphatic heterocycles. The van der Waals surface area contributed by atoms with Crippen molar-refractivity contribution in [1.82, 2.24) is 14.6 Å². The van der Waals surface area contributed by atoms with Gasteiger partial charge in [-0.1, -0.05) is 0 Å². The third-order valence-corrected chi connectivity index (χ3v) is 6.05. The number of rotatable bonds is 4.